The quantitative estimate of drug-likeness (QED) is 0.254. The predicted molar refractivity (Wildman–Crippen MR) is 161 cm³/mol. The summed E-state index contributed by atoms with van der Waals surface area (Å²) in [5.74, 6) is -1.91. The van der Waals surface area contributed by atoms with Gasteiger partial charge in [0.05, 0.1) is 32.5 Å². The SMILES string of the molecule is C=CC(=O)N1CCN(c2nc(=O)n(-c3c(S(=O)(=O)C4CC4)ccnc3C)c3nc(-c4c(N)cccc4F)c(F)cc23)[C@@H](C)C1. The molecule has 0 unspecified atom stereocenters. The number of nitrogens with two attached hydrogens (primary N) is 1. The van der Waals surface area contributed by atoms with Gasteiger partial charge in [-0.15, -0.1) is 0 Å². The molecular weight excluding hydrogens is 592 g/mol. The fraction of sp³-hybridized carbons (Fsp3) is 0.300. The number of carbonyl (C=O) groups excluding carboxylic acids is 1. The van der Waals surface area contributed by atoms with Crippen molar-refractivity contribution in [3.8, 4) is 16.9 Å². The third kappa shape index (κ3) is 4.78. The van der Waals surface area contributed by atoms with Crippen molar-refractivity contribution in [3.05, 3.63) is 77.0 Å². The van der Waals surface area contributed by atoms with E-state index in [1.54, 1.807) is 16.7 Å². The Kier molecular flexibility index (Phi) is 7.19. The Hall–Kier alpha value is -4.72. The summed E-state index contributed by atoms with van der Waals surface area (Å²) in [6.07, 6.45) is 3.52. The summed E-state index contributed by atoms with van der Waals surface area (Å²) in [4.78, 5) is 42.5. The van der Waals surface area contributed by atoms with Crippen molar-refractivity contribution in [3.63, 3.8) is 0 Å². The molecule has 44 heavy (non-hydrogen) atoms. The number of rotatable bonds is 6. The van der Waals surface area contributed by atoms with E-state index < -0.39 is 38.1 Å². The van der Waals surface area contributed by atoms with Crippen LogP contribution < -0.4 is 16.3 Å². The molecule has 228 valence electrons. The summed E-state index contributed by atoms with van der Waals surface area (Å²) in [6, 6.07) is 5.94. The molecule has 11 nitrogen and oxygen atoms in total. The van der Waals surface area contributed by atoms with Gasteiger partial charge in [-0.2, -0.15) is 4.98 Å². The number of benzene rings is 1. The molecule has 0 bridgehead atoms. The van der Waals surface area contributed by atoms with Crippen LogP contribution in [0.2, 0.25) is 0 Å². The van der Waals surface area contributed by atoms with Crippen LogP contribution in [0, 0.1) is 18.6 Å². The number of hydrogen-bond acceptors (Lipinski definition) is 9. The number of hydrogen-bond donors (Lipinski definition) is 1. The van der Waals surface area contributed by atoms with Gasteiger partial charge in [-0.1, -0.05) is 12.6 Å². The Morgan fingerprint density at radius 2 is 1.89 bits per heavy atom. The van der Waals surface area contributed by atoms with Gasteiger partial charge in [0.25, 0.3) is 0 Å². The summed E-state index contributed by atoms with van der Waals surface area (Å²) >= 11 is 0. The van der Waals surface area contributed by atoms with E-state index in [0.717, 1.165) is 16.7 Å². The molecule has 1 amide bonds. The van der Waals surface area contributed by atoms with Crippen LogP contribution in [0.15, 0.2) is 58.9 Å². The molecule has 1 saturated carbocycles. The van der Waals surface area contributed by atoms with Gasteiger partial charge in [-0.05, 0) is 57.0 Å². The van der Waals surface area contributed by atoms with Gasteiger partial charge in [-0.25, -0.2) is 31.5 Å². The second-order valence-corrected chi connectivity index (χ2v) is 13.2. The average molecular weight is 622 g/mol. The van der Waals surface area contributed by atoms with E-state index in [0.29, 0.717) is 12.8 Å². The lowest BCUT2D eigenvalue weighted by atomic mass is 10.1. The van der Waals surface area contributed by atoms with Gasteiger partial charge in [-0.3, -0.25) is 9.78 Å². The molecular formula is C30H29F2N7O4S. The lowest BCUT2D eigenvalue weighted by Gasteiger charge is -2.40. The minimum atomic E-state index is -3.86. The first-order valence-electron chi connectivity index (χ1n) is 14.0. The second kappa shape index (κ2) is 10.8. The van der Waals surface area contributed by atoms with Crippen LogP contribution in [0.4, 0.5) is 20.3 Å². The maximum absolute atomic E-state index is 15.9. The molecule has 2 fully saturated rings. The number of anilines is 2. The normalized spacial score (nSPS) is 17.2. The molecule has 14 heteroatoms. The van der Waals surface area contributed by atoms with E-state index in [4.69, 9.17) is 5.73 Å². The summed E-state index contributed by atoms with van der Waals surface area (Å²) in [5.41, 5.74) is 4.30. The molecule has 2 N–H and O–H groups in total. The van der Waals surface area contributed by atoms with Crippen LogP contribution in [-0.4, -0.2) is 69.7 Å². The molecule has 1 aliphatic heterocycles. The summed E-state index contributed by atoms with van der Waals surface area (Å²) in [6.45, 7) is 7.72. The summed E-state index contributed by atoms with van der Waals surface area (Å²) < 4.78 is 59.0. The zero-order valence-electron chi connectivity index (χ0n) is 24.0. The van der Waals surface area contributed by atoms with E-state index in [2.05, 4.69) is 21.5 Å². The van der Waals surface area contributed by atoms with Crippen molar-refractivity contribution < 1.29 is 22.0 Å². The molecule has 1 aliphatic carbocycles. The number of nitrogen functional groups attached to an aromatic ring is 1. The van der Waals surface area contributed by atoms with Gasteiger partial charge in [0, 0.05) is 37.6 Å². The van der Waals surface area contributed by atoms with Crippen molar-refractivity contribution in [1.29, 1.82) is 0 Å². The zero-order valence-corrected chi connectivity index (χ0v) is 24.8. The van der Waals surface area contributed by atoms with Crippen molar-refractivity contribution in [2.45, 2.75) is 42.9 Å². The zero-order chi connectivity index (χ0) is 31.5. The molecule has 4 aromatic rings. The largest absolute Gasteiger partial charge is 0.398 e. The van der Waals surface area contributed by atoms with Crippen molar-refractivity contribution in [2.75, 3.05) is 30.3 Å². The number of sulfone groups is 1. The van der Waals surface area contributed by atoms with Gasteiger partial charge in [0.2, 0.25) is 5.91 Å². The maximum Gasteiger partial charge on any atom is 0.355 e. The lowest BCUT2D eigenvalue weighted by Crippen LogP contribution is -2.54. The standard InChI is InChI=1S/C30H29F2N7O4S/c1-4-24(40)37-12-13-38(16(2)15-37)28-19-14-21(32)26(25-20(31)6-5-7-22(25)33)35-29(19)39(30(41)36-28)27-17(3)34-11-10-23(27)44(42,43)18-8-9-18/h4-7,10-11,14,16,18H,1,8-9,12-13,15,33H2,2-3H3/t16-/m0/s1. The fourth-order valence-corrected chi connectivity index (χ4v) is 7.56. The maximum atomic E-state index is 15.9. The highest BCUT2D eigenvalue weighted by atomic mass is 32.2. The smallest absolute Gasteiger partial charge is 0.355 e. The van der Waals surface area contributed by atoms with Crippen LogP contribution in [0.1, 0.15) is 25.5 Å². The van der Waals surface area contributed by atoms with Crippen LogP contribution >= 0.6 is 0 Å². The third-order valence-electron chi connectivity index (χ3n) is 8.03. The van der Waals surface area contributed by atoms with E-state index in [9.17, 15) is 18.0 Å². The van der Waals surface area contributed by atoms with Gasteiger partial charge in [0.1, 0.15) is 17.3 Å². The van der Waals surface area contributed by atoms with Crippen molar-refractivity contribution in [2.24, 2.45) is 0 Å². The highest BCUT2D eigenvalue weighted by Gasteiger charge is 2.40. The van der Waals surface area contributed by atoms with Gasteiger partial charge >= 0.3 is 5.69 Å². The first-order chi connectivity index (χ1) is 20.9. The Balaban J connectivity index is 1.66. The number of aromatic nitrogens is 4. The number of halogens is 2. The lowest BCUT2D eigenvalue weighted by molar-refractivity contribution is -0.126. The Bertz CT molecular complexity index is 2010. The number of pyridine rings is 2. The van der Waals surface area contributed by atoms with Crippen LogP contribution in [-0.2, 0) is 14.6 Å². The number of carbonyl (C=O) groups is 1. The Labute approximate surface area is 251 Å². The van der Waals surface area contributed by atoms with Gasteiger partial charge in [0.15, 0.2) is 21.3 Å². The summed E-state index contributed by atoms with van der Waals surface area (Å²) in [5, 5.41) is -0.527. The molecule has 4 heterocycles. The first-order valence-corrected chi connectivity index (χ1v) is 15.5. The molecule has 1 aromatic carbocycles. The molecule has 2 aliphatic rings. The molecule has 1 atom stereocenters. The number of nitrogens with zero attached hydrogens (tertiary/aromatic N) is 6. The molecule has 1 saturated heterocycles. The molecule has 0 spiro atoms. The molecule has 0 radical (unpaired) electrons. The van der Waals surface area contributed by atoms with Crippen LogP contribution in [0.3, 0.4) is 0 Å². The minimum absolute atomic E-state index is 0.0607. The highest BCUT2D eigenvalue weighted by molar-refractivity contribution is 7.92. The minimum Gasteiger partial charge on any atom is -0.398 e. The third-order valence-corrected chi connectivity index (χ3v) is 10.3. The van der Waals surface area contributed by atoms with E-state index in [1.165, 1.54) is 30.5 Å². The van der Waals surface area contributed by atoms with Crippen LogP contribution in [0.5, 0.6) is 0 Å². The Morgan fingerprint density at radius 3 is 2.55 bits per heavy atom. The van der Waals surface area contributed by atoms with Crippen molar-refractivity contribution in [1.82, 2.24) is 24.4 Å². The summed E-state index contributed by atoms with van der Waals surface area (Å²) in [7, 11) is -3.86. The van der Waals surface area contributed by atoms with E-state index in [-0.39, 0.29) is 76.0 Å². The first kappa shape index (κ1) is 29.4. The average Bonchev–Trinajstić information content (AvgIpc) is 3.84. The number of piperazine rings is 1. The van der Waals surface area contributed by atoms with E-state index in [1.807, 2.05) is 6.92 Å². The topological polar surface area (TPSA) is 144 Å². The number of amides is 1. The number of fused-ring (bicyclic) bond motifs is 1. The second-order valence-electron chi connectivity index (χ2n) is 11.0. The predicted octanol–water partition coefficient (Wildman–Crippen LogP) is 3.17. The van der Waals surface area contributed by atoms with Crippen molar-refractivity contribution >= 4 is 38.3 Å². The fourth-order valence-electron chi connectivity index (χ4n) is 5.69. The van der Waals surface area contributed by atoms with E-state index >= 15 is 8.78 Å². The Morgan fingerprint density at radius 1 is 1.14 bits per heavy atom. The molecule has 3 aromatic heterocycles. The van der Waals surface area contributed by atoms with Gasteiger partial charge < -0.3 is 15.5 Å². The van der Waals surface area contributed by atoms with Crippen LogP contribution in [0.25, 0.3) is 28.0 Å². The molecule has 6 rings (SSSR count). The number of aryl methyl sites for hydroxylation is 1. The monoisotopic (exact) mass is 621 g/mol. The highest BCUT2D eigenvalue weighted by Crippen LogP contribution is 2.38.